The average molecular weight is 314 g/mol. The van der Waals surface area contributed by atoms with E-state index in [2.05, 4.69) is 0 Å². The number of benzene rings is 1. The number of urea groups is 1. The maximum atomic E-state index is 12.2. The number of nitrogens with two attached hydrogens (primary N) is 1. The molecule has 0 aromatic heterocycles. The summed E-state index contributed by atoms with van der Waals surface area (Å²) in [6.07, 6.45) is 0. The highest BCUT2D eigenvalue weighted by Gasteiger charge is 2.22. The number of nitrogens with zero attached hydrogens (tertiary/aromatic N) is 2. The van der Waals surface area contributed by atoms with Crippen LogP contribution in [-0.4, -0.2) is 53.0 Å². The molecule has 0 aliphatic rings. The number of hydrogen-bond acceptors (Lipinski definition) is 3. The first kappa shape index (κ1) is 16.8. The lowest BCUT2D eigenvalue weighted by Crippen LogP contribution is -2.47. The van der Waals surface area contributed by atoms with Crippen LogP contribution in [-0.2, 0) is 16.1 Å². The van der Waals surface area contributed by atoms with Gasteiger partial charge in [0.05, 0.1) is 0 Å². The van der Waals surface area contributed by atoms with Crippen molar-refractivity contribution in [2.75, 3.05) is 20.1 Å². The molecule has 1 aromatic carbocycles. The van der Waals surface area contributed by atoms with Crippen molar-refractivity contribution < 1.29 is 19.5 Å². The molecule has 7 nitrogen and oxygen atoms in total. The molecule has 0 aliphatic heterocycles. The molecule has 0 atom stereocenters. The largest absolute Gasteiger partial charge is 0.480 e. The third-order valence-electron chi connectivity index (χ3n) is 2.58. The molecular formula is C13H16ClN3O4. The number of hydrogen-bond donors (Lipinski definition) is 2. The van der Waals surface area contributed by atoms with Crippen LogP contribution in [0, 0.1) is 0 Å². The minimum atomic E-state index is -1.22. The average Bonchev–Trinajstić information content (AvgIpc) is 2.35. The summed E-state index contributed by atoms with van der Waals surface area (Å²) in [5.74, 6) is -2.00. The Bertz CT molecular complexity index is 534. The van der Waals surface area contributed by atoms with Crippen LogP contribution in [0.4, 0.5) is 4.79 Å². The molecule has 0 radical (unpaired) electrons. The molecule has 0 saturated carbocycles. The van der Waals surface area contributed by atoms with Gasteiger partial charge in [-0.1, -0.05) is 23.7 Å². The van der Waals surface area contributed by atoms with Crippen molar-refractivity contribution in [2.24, 2.45) is 5.73 Å². The molecule has 1 aromatic rings. The third kappa shape index (κ3) is 5.70. The van der Waals surface area contributed by atoms with Crippen LogP contribution in [0.15, 0.2) is 24.3 Å². The van der Waals surface area contributed by atoms with Gasteiger partial charge in [-0.2, -0.15) is 0 Å². The normalized spacial score (nSPS) is 10.0. The molecular weight excluding hydrogens is 298 g/mol. The Hall–Kier alpha value is -2.28. The number of aliphatic carboxylic acids is 1. The van der Waals surface area contributed by atoms with Crippen molar-refractivity contribution in [2.45, 2.75) is 6.54 Å². The maximum absolute atomic E-state index is 12.2. The molecule has 0 unspecified atom stereocenters. The number of rotatable bonds is 6. The lowest BCUT2D eigenvalue weighted by molar-refractivity contribution is -0.138. The molecule has 0 heterocycles. The van der Waals surface area contributed by atoms with Gasteiger partial charge in [-0.25, -0.2) is 4.79 Å². The predicted molar refractivity (Wildman–Crippen MR) is 76.7 cm³/mol. The number of halogens is 1. The lowest BCUT2D eigenvalue weighted by Gasteiger charge is -2.26. The molecule has 0 bridgehead atoms. The lowest BCUT2D eigenvalue weighted by atomic mass is 10.2. The van der Waals surface area contributed by atoms with Gasteiger partial charge in [0.1, 0.15) is 13.1 Å². The predicted octanol–water partition coefficient (Wildman–Crippen LogP) is 0.764. The van der Waals surface area contributed by atoms with E-state index in [0.717, 1.165) is 10.5 Å². The first-order valence-electron chi connectivity index (χ1n) is 6.04. The van der Waals surface area contributed by atoms with Crippen LogP contribution in [0.3, 0.4) is 0 Å². The highest BCUT2D eigenvalue weighted by atomic mass is 35.5. The Labute approximate surface area is 126 Å². The number of carboxylic acids is 1. The van der Waals surface area contributed by atoms with Crippen LogP contribution in [0.5, 0.6) is 0 Å². The maximum Gasteiger partial charge on any atom is 0.323 e. The molecule has 3 N–H and O–H groups in total. The van der Waals surface area contributed by atoms with Gasteiger partial charge in [0.25, 0.3) is 0 Å². The molecule has 0 spiro atoms. The fourth-order valence-corrected chi connectivity index (χ4v) is 1.97. The summed E-state index contributed by atoms with van der Waals surface area (Å²) >= 11 is 5.86. The summed E-state index contributed by atoms with van der Waals surface area (Å²) in [6, 6.07) is 6.33. The summed E-state index contributed by atoms with van der Waals surface area (Å²) in [4.78, 5) is 36.0. The zero-order chi connectivity index (χ0) is 16.0. The minimum Gasteiger partial charge on any atom is -0.480 e. The van der Waals surface area contributed by atoms with E-state index in [1.54, 1.807) is 24.3 Å². The monoisotopic (exact) mass is 313 g/mol. The number of carboxylic acid groups (broad SMARTS) is 1. The number of carbonyl (C=O) groups excluding carboxylic acids is 2. The first-order valence-corrected chi connectivity index (χ1v) is 6.42. The summed E-state index contributed by atoms with van der Waals surface area (Å²) in [5.41, 5.74) is 5.80. The SMILES string of the molecule is CN(Cc1cccc(Cl)c1)C(=O)N(CC(N)=O)CC(=O)O. The van der Waals surface area contributed by atoms with E-state index in [1.807, 2.05) is 0 Å². The Morgan fingerprint density at radius 3 is 2.48 bits per heavy atom. The van der Waals surface area contributed by atoms with Crippen molar-refractivity contribution in [3.05, 3.63) is 34.9 Å². The van der Waals surface area contributed by atoms with Crippen LogP contribution < -0.4 is 5.73 Å². The van der Waals surface area contributed by atoms with Crippen LogP contribution in [0.2, 0.25) is 5.02 Å². The fourth-order valence-electron chi connectivity index (χ4n) is 1.76. The van der Waals surface area contributed by atoms with Crippen molar-refractivity contribution in [3.63, 3.8) is 0 Å². The topological polar surface area (TPSA) is 104 Å². The highest BCUT2D eigenvalue weighted by Crippen LogP contribution is 2.12. The molecule has 3 amide bonds. The second-order valence-electron chi connectivity index (χ2n) is 4.48. The van der Waals surface area contributed by atoms with Gasteiger partial charge in [-0.05, 0) is 17.7 Å². The Morgan fingerprint density at radius 1 is 1.29 bits per heavy atom. The van der Waals surface area contributed by atoms with E-state index in [1.165, 1.54) is 11.9 Å². The van der Waals surface area contributed by atoms with E-state index in [0.29, 0.717) is 5.02 Å². The molecule has 0 saturated heterocycles. The standard InChI is InChI=1S/C13H16ClN3O4/c1-16(6-9-3-2-4-10(14)5-9)13(21)17(7-11(15)18)8-12(19)20/h2-5H,6-8H2,1H3,(H2,15,18)(H,19,20). The van der Waals surface area contributed by atoms with Crippen LogP contribution >= 0.6 is 11.6 Å². The molecule has 8 heteroatoms. The van der Waals surface area contributed by atoms with Crippen LogP contribution in [0.25, 0.3) is 0 Å². The molecule has 1 rings (SSSR count). The molecule has 114 valence electrons. The van der Waals surface area contributed by atoms with Gasteiger partial charge in [-0.3, -0.25) is 9.59 Å². The number of carbonyl (C=O) groups is 3. The second-order valence-corrected chi connectivity index (χ2v) is 4.92. The van der Waals surface area contributed by atoms with Crippen molar-refractivity contribution in [1.82, 2.24) is 9.80 Å². The van der Waals surface area contributed by atoms with Crippen molar-refractivity contribution >= 4 is 29.5 Å². The first-order chi connectivity index (χ1) is 9.79. The van der Waals surface area contributed by atoms with Gasteiger partial charge in [0.2, 0.25) is 5.91 Å². The molecule has 0 fully saturated rings. The molecule has 0 aliphatic carbocycles. The summed E-state index contributed by atoms with van der Waals surface area (Å²) in [6.45, 7) is -0.818. The van der Waals surface area contributed by atoms with Crippen molar-refractivity contribution in [3.8, 4) is 0 Å². The van der Waals surface area contributed by atoms with Gasteiger partial charge in [0.15, 0.2) is 0 Å². The summed E-state index contributed by atoms with van der Waals surface area (Å²) in [5, 5.41) is 9.31. The van der Waals surface area contributed by atoms with Gasteiger partial charge in [-0.15, -0.1) is 0 Å². The highest BCUT2D eigenvalue weighted by molar-refractivity contribution is 6.30. The van der Waals surface area contributed by atoms with Gasteiger partial charge in [0, 0.05) is 18.6 Å². The second kappa shape index (κ2) is 7.49. The van der Waals surface area contributed by atoms with E-state index in [9.17, 15) is 14.4 Å². The smallest absolute Gasteiger partial charge is 0.323 e. The van der Waals surface area contributed by atoms with E-state index >= 15 is 0 Å². The quantitative estimate of drug-likeness (QED) is 0.809. The van der Waals surface area contributed by atoms with Crippen molar-refractivity contribution in [1.29, 1.82) is 0 Å². The summed E-state index contributed by atoms with van der Waals surface area (Å²) < 4.78 is 0. The third-order valence-corrected chi connectivity index (χ3v) is 2.81. The summed E-state index contributed by atoms with van der Waals surface area (Å²) in [7, 11) is 1.50. The van der Waals surface area contributed by atoms with E-state index < -0.39 is 31.0 Å². The van der Waals surface area contributed by atoms with Crippen LogP contribution in [0.1, 0.15) is 5.56 Å². The zero-order valence-corrected chi connectivity index (χ0v) is 12.2. The Morgan fingerprint density at radius 2 is 1.95 bits per heavy atom. The number of amides is 3. The Kier molecular flexibility index (Phi) is 5.98. The van der Waals surface area contributed by atoms with Gasteiger partial charge < -0.3 is 20.6 Å². The van der Waals surface area contributed by atoms with Gasteiger partial charge >= 0.3 is 12.0 Å². The Balaban J connectivity index is 2.77. The minimum absolute atomic E-state index is 0.230. The molecule has 21 heavy (non-hydrogen) atoms. The number of primary amides is 1. The fraction of sp³-hybridized carbons (Fsp3) is 0.308. The van der Waals surface area contributed by atoms with E-state index in [-0.39, 0.29) is 6.54 Å². The van der Waals surface area contributed by atoms with E-state index in [4.69, 9.17) is 22.4 Å². The zero-order valence-electron chi connectivity index (χ0n) is 11.5.